The number of nitriles is 2. The standard InChI is InChI=1S/C22H20N4O2/c1-2-26-19-6-4-3-5-18(19)22(21(26)27)9-7-17(8-10-22)28-20-16(13-24)11-15(12-23)14-25-20/h3-6,11,14,17H,2,7-10H2,1H3. The van der Waals surface area contributed by atoms with E-state index in [1.807, 2.05) is 42.2 Å². The number of pyridine rings is 1. The number of para-hydroxylation sites is 1. The van der Waals surface area contributed by atoms with Gasteiger partial charge in [-0.2, -0.15) is 10.5 Å². The van der Waals surface area contributed by atoms with E-state index in [0.29, 0.717) is 37.8 Å². The van der Waals surface area contributed by atoms with E-state index in [9.17, 15) is 10.1 Å². The summed E-state index contributed by atoms with van der Waals surface area (Å²) in [5.41, 5.74) is 2.27. The van der Waals surface area contributed by atoms with Crippen molar-refractivity contribution in [1.29, 1.82) is 10.5 Å². The Hall–Kier alpha value is -3.38. The fraction of sp³-hybridized carbons (Fsp3) is 0.364. The molecule has 2 heterocycles. The molecule has 6 heteroatoms. The predicted molar refractivity (Wildman–Crippen MR) is 103 cm³/mol. The molecule has 4 rings (SSSR count). The van der Waals surface area contributed by atoms with E-state index in [1.54, 1.807) is 0 Å². The van der Waals surface area contributed by atoms with Crippen molar-refractivity contribution in [3.63, 3.8) is 0 Å². The molecule has 1 saturated carbocycles. The van der Waals surface area contributed by atoms with Gasteiger partial charge in [-0.25, -0.2) is 4.98 Å². The van der Waals surface area contributed by atoms with Gasteiger partial charge in [0.2, 0.25) is 11.8 Å². The van der Waals surface area contributed by atoms with Crippen LogP contribution in [0.25, 0.3) is 0 Å². The number of carbonyl (C=O) groups excluding carboxylic acids is 1. The van der Waals surface area contributed by atoms with Crippen LogP contribution in [-0.4, -0.2) is 23.5 Å². The number of hydrogen-bond donors (Lipinski definition) is 0. The maximum atomic E-state index is 13.2. The van der Waals surface area contributed by atoms with Gasteiger partial charge in [0.15, 0.2) is 0 Å². The number of ether oxygens (including phenoxy) is 1. The molecule has 2 aliphatic rings. The minimum absolute atomic E-state index is 0.103. The molecule has 1 amide bonds. The first-order valence-electron chi connectivity index (χ1n) is 9.51. The Morgan fingerprint density at radius 2 is 2.00 bits per heavy atom. The Labute approximate surface area is 164 Å². The Kier molecular flexibility index (Phi) is 4.49. The lowest BCUT2D eigenvalue weighted by atomic mass is 9.69. The zero-order valence-corrected chi connectivity index (χ0v) is 15.7. The summed E-state index contributed by atoms with van der Waals surface area (Å²) in [4.78, 5) is 19.2. The van der Waals surface area contributed by atoms with Crippen LogP contribution in [0.3, 0.4) is 0 Å². The zero-order chi connectivity index (χ0) is 19.7. The second-order valence-corrected chi connectivity index (χ2v) is 7.27. The van der Waals surface area contributed by atoms with Crippen molar-refractivity contribution in [2.45, 2.75) is 44.1 Å². The van der Waals surface area contributed by atoms with E-state index in [4.69, 9.17) is 10.00 Å². The van der Waals surface area contributed by atoms with E-state index in [2.05, 4.69) is 11.1 Å². The van der Waals surface area contributed by atoms with Crippen molar-refractivity contribution in [3.8, 4) is 18.0 Å². The average molecular weight is 372 g/mol. The summed E-state index contributed by atoms with van der Waals surface area (Å²) in [6.45, 7) is 2.67. The van der Waals surface area contributed by atoms with Crippen LogP contribution in [0.2, 0.25) is 0 Å². The smallest absolute Gasteiger partial charge is 0.237 e. The molecule has 0 saturated heterocycles. The molecule has 1 aromatic carbocycles. The number of fused-ring (bicyclic) bond motifs is 2. The fourth-order valence-corrected chi connectivity index (χ4v) is 4.44. The number of likely N-dealkylation sites (N-methyl/N-ethyl adjacent to an activating group) is 1. The van der Waals surface area contributed by atoms with Gasteiger partial charge in [0.1, 0.15) is 23.8 Å². The summed E-state index contributed by atoms with van der Waals surface area (Å²) in [5, 5.41) is 18.3. The van der Waals surface area contributed by atoms with Crippen LogP contribution in [0, 0.1) is 22.7 Å². The molecule has 0 radical (unpaired) electrons. The predicted octanol–water partition coefficient (Wildman–Crippen LogP) is 3.45. The topological polar surface area (TPSA) is 90.0 Å². The van der Waals surface area contributed by atoms with Crippen LogP contribution < -0.4 is 9.64 Å². The SMILES string of the molecule is CCN1C(=O)C2(CCC(Oc3ncc(C#N)cc3C#N)CC2)c2ccccc21. The molecular weight excluding hydrogens is 352 g/mol. The van der Waals surface area contributed by atoms with Gasteiger partial charge in [-0.15, -0.1) is 0 Å². The maximum Gasteiger partial charge on any atom is 0.237 e. The Morgan fingerprint density at radius 1 is 1.25 bits per heavy atom. The first kappa shape index (κ1) is 18.0. The number of rotatable bonds is 3. The Balaban J connectivity index is 1.54. The molecule has 2 aromatic rings. The third-order valence-corrected chi connectivity index (χ3v) is 5.85. The summed E-state index contributed by atoms with van der Waals surface area (Å²) in [6.07, 6.45) is 4.16. The number of benzene rings is 1. The van der Waals surface area contributed by atoms with Crippen molar-refractivity contribution < 1.29 is 9.53 Å². The first-order valence-corrected chi connectivity index (χ1v) is 9.51. The third kappa shape index (κ3) is 2.70. The fourth-order valence-electron chi connectivity index (χ4n) is 4.44. The van der Waals surface area contributed by atoms with Crippen LogP contribution in [0.15, 0.2) is 36.5 Å². The lowest BCUT2D eigenvalue weighted by molar-refractivity contribution is -0.124. The highest BCUT2D eigenvalue weighted by Crippen LogP contribution is 2.50. The van der Waals surface area contributed by atoms with Gasteiger partial charge in [0, 0.05) is 18.4 Å². The lowest BCUT2D eigenvalue weighted by Crippen LogP contribution is -2.44. The van der Waals surface area contributed by atoms with Crippen molar-refractivity contribution in [2.75, 3.05) is 11.4 Å². The van der Waals surface area contributed by atoms with Gasteiger partial charge >= 0.3 is 0 Å². The van der Waals surface area contributed by atoms with Gasteiger partial charge < -0.3 is 9.64 Å². The van der Waals surface area contributed by atoms with Gasteiger partial charge in [-0.05, 0) is 50.3 Å². The second kappa shape index (κ2) is 6.98. The van der Waals surface area contributed by atoms with Crippen LogP contribution >= 0.6 is 0 Å². The summed E-state index contributed by atoms with van der Waals surface area (Å²) < 4.78 is 5.99. The summed E-state index contributed by atoms with van der Waals surface area (Å²) >= 11 is 0. The van der Waals surface area contributed by atoms with Crippen molar-refractivity contribution in [1.82, 2.24) is 4.98 Å². The van der Waals surface area contributed by atoms with Crippen LogP contribution in [0.4, 0.5) is 5.69 Å². The van der Waals surface area contributed by atoms with Gasteiger partial charge in [-0.1, -0.05) is 18.2 Å². The number of anilines is 1. The second-order valence-electron chi connectivity index (χ2n) is 7.27. The molecule has 0 atom stereocenters. The zero-order valence-electron chi connectivity index (χ0n) is 15.7. The number of carbonyl (C=O) groups is 1. The van der Waals surface area contributed by atoms with Crippen LogP contribution in [-0.2, 0) is 10.2 Å². The number of nitrogens with zero attached hydrogens (tertiary/aromatic N) is 4. The van der Waals surface area contributed by atoms with E-state index in [1.165, 1.54) is 12.3 Å². The average Bonchev–Trinajstić information content (AvgIpc) is 2.97. The Bertz CT molecular complexity index is 1010. The molecule has 6 nitrogen and oxygen atoms in total. The minimum atomic E-state index is -0.470. The molecule has 1 spiro atoms. The quantitative estimate of drug-likeness (QED) is 0.823. The van der Waals surface area contributed by atoms with Crippen molar-refractivity contribution in [2.24, 2.45) is 0 Å². The van der Waals surface area contributed by atoms with Crippen LogP contribution in [0.1, 0.15) is 49.3 Å². The highest BCUT2D eigenvalue weighted by Gasteiger charge is 2.51. The molecule has 0 bridgehead atoms. The molecule has 1 aliphatic heterocycles. The highest BCUT2D eigenvalue weighted by molar-refractivity contribution is 6.08. The van der Waals surface area contributed by atoms with E-state index in [0.717, 1.165) is 11.3 Å². The number of aromatic nitrogens is 1. The van der Waals surface area contributed by atoms with Crippen LogP contribution in [0.5, 0.6) is 5.88 Å². The van der Waals surface area contributed by atoms with Gasteiger partial charge in [-0.3, -0.25) is 4.79 Å². The summed E-state index contributed by atoms with van der Waals surface area (Å²) in [6, 6.07) is 13.6. The third-order valence-electron chi connectivity index (χ3n) is 5.85. The maximum absolute atomic E-state index is 13.2. The summed E-state index contributed by atoms with van der Waals surface area (Å²) in [7, 11) is 0. The normalized spacial score (nSPS) is 23.2. The van der Waals surface area contributed by atoms with Crippen molar-refractivity contribution in [3.05, 3.63) is 53.2 Å². The molecule has 1 aromatic heterocycles. The molecular formula is C22H20N4O2. The number of hydrogen-bond acceptors (Lipinski definition) is 5. The number of amides is 1. The molecule has 0 N–H and O–H groups in total. The van der Waals surface area contributed by atoms with E-state index >= 15 is 0 Å². The molecule has 0 unspecified atom stereocenters. The van der Waals surface area contributed by atoms with Gasteiger partial charge in [0.25, 0.3) is 0 Å². The van der Waals surface area contributed by atoms with E-state index < -0.39 is 5.41 Å². The largest absolute Gasteiger partial charge is 0.473 e. The minimum Gasteiger partial charge on any atom is -0.473 e. The molecule has 1 aliphatic carbocycles. The monoisotopic (exact) mass is 372 g/mol. The molecule has 28 heavy (non-hydrogen) atoms. The van der Waals surface area contributed by atoms with Crippen molar-refractivity contribution >= 4 is 11.6 Å². The first-order chi connectivity index (χ1) is 13.6. The van der Waals surface area contributed by atoms with E-state index in [-0.39, 0.29) is 23.5 Å². The van der Waals surface area contributed by atoms with Gasteiger partial charge in [0.05, 0.1) is 11.0 Å². The molecule has 140 valence electrons. The summed E-state index contributed by atoms with van der Waals surface area (Å²) in [5.74, 6) is 0.444. The molecule has 1 fully saturated rings. The highest BCUT2D eigenvalue weighted by atomic mass is 16.5. The lowest BCUT2D eigenvalue weighted by Gasteiger charge is -2.36. The Morgan fingerprint density at radius 3 is 2.68 bits per heavy atom.